The Morgan fingerprint density at radius 2 is 1.69 bits per heavy atom. The van der Waals surface area contributed by atoms with Crippen LogP contribution in [0, 0.1) is 13.8 Å². The third-order valence-electron chi connectivity index (χ3n) is 5.32. The monoisotopic (exact) mass is 415 g/mol. The van der Waals surface area contributed by atoms with Gasteiger partial charge in [0.25, 0.3) is 15.9 Å². The molecule has 0 bridgehead atoms. The van der Waals surface area contributed by atoms with Crippen LogP contribution in [0.25, 0.3) is 0 Å². The molecule has 2 aromatic carbocycles. The van der Waals surface area contributed by atoms with Gasteiger partial charge in [0.1, 0.15) is 0 Å². The Hall–Kier alpha value is -2.38. The minimum atomic E-state index is -3.71. The van der Waals surface area contributed by atoms with E-state index in [1.807, 2.05) is 6.92 Å². The van der Waals surface area contributed by atoms with Gasteiger partial charge < -0.3 is 10.2 Å². The van der Waals surface area contributed by atoms with Crippen LogP contribution in [0.4, 0.5) is 5.69 Å². The predicted octanol–water partition coefficient (Wildman–Crippen LogP) is 3.32. The Balaban J connectivity index is 1.66. The first-order valence-corrected chi connectivity index (χ1v) is 11.5. The first-order chi connectivity index (χ1) is 13.9. The van der Waals surface area contributed by atoms with E-state index in [1.165, 1.54) is 19.3 Å². The molecule has 1 aliphatic rings. The van der Waals surface area contributed by atoms with E-state index in [0.29, 0.717) is 23.4 Å². The molecule has 0 radical (unpaired) electrons. The number of hydrogen-bond acceptors (Lipinski definition) is 4. The average molecular weight is 416 g/mol. The zero-order chi connectivity index (χ0) is 20.9. The van der Waals surface area contributed by atoms with Crippen molar-refractivity contribution >= 4 is 21.6 Å². The van der Waals surface area contributed by atoms with Crippen molar-refractivity contribution in [3.63, 3.8) is 0 Å². The first-order valence-electron chi connectivity index (χ1n) is 10.1. The van der Waals surface area contributed by atoms with Crippen molar-refractivity contribution in [1.29, 1.82) is 0 Å². The van der Waals surface area contributed by atoms with Crippen LogP contribution in [-0.4, -0.2) is 45.4 Å². The van der Waals surface area contributed by atoms with E-state index in [1.54, 1.807) is 49.4 Å². The molecule has 0 atom stereocenters. The number of carbonyl (C=O) groups is 1. The van der Waals surface area contributed by atoms with Gasteiger partial charge in [-0.25, -0.2) is 8.42 Å². The Bertz CT molecular complexity index is 950. The van der Waals surface area contributed by atoms with Gasteiger partial charge in [0.2, 0.25) is 0 Å². The lowest BCUT2D eigenvalue weighted by atomic mass is 10.1. The lowest BCUT2D eigenvalue weighted by Gasteiger charge is -2.26. The van der Waals surface area contributed by atoms with E-state index >= 15 is 0 Å². The fourth-order valence-electron chi connectivity index (χ4n) is 3.52. The van der Waals surface area contributed by atoms with Crippen LogP contribution in [-0.2, 0) is 10.0 Å². The third-order valence-corrected chi connectivity index (χ3v) is 6.70. The minimum Gasteiger partial charge on any atom is -0.351 e. The molecule has 3 rings (SSSR count). The number of piperidine rings is 1. The Morgan fingerprint density at radius 1 is 1.00 bits per heavy atom. The van der Waals surface area contributed by atoms with Crippen molar-refractivity contribution < 1.29 is 13.2 Å². The molecular weight excluding hydrogens is 386 g/mol. The standard InChI is InChI=1S/C22H29N3O3S/c1-17-9-11-19(12-10-17)29(27,28)24-21-8-6-7-20(18(21)2)22(26)23-13-16-25-14-4-3-5-15-25/h6-12,24H,3-5,13-16H2,1-2H3,(H,23,26). The van der Waals surface area contributed by atoms with Crippen LogP contribution < -0.4 is 10.0 Å². The number of aryl methyl sites for hydroxylation is 1. The predicted molar refractivity (Wildman–Crippen MR) is 116 cm³/mol. The highest BCUT2D eigenvalue weighted by molar-refractivity contribution is 7.92. The molecular formula is C22H29N3O3S. The molecule has 1 amide bonds. The summed E-state index contributed by atoms with van der Waals surface area (Å²) in [6.07, 6.45) is 3.72. The lowest BCUT2D eigenvalue weighted by molar-refractivity contribution is 0.0946. The maximum absolute atomic E-state index is 12.7. The molecule has 1 aliphatic heterocycles. The van der Waals surface area contributed by atoms with E-state index in [9.17, 15) is 13.2 Å². The highest BCUT2D eigenvalue weighted by Crippen LogP contribution is 2.23. The average Bonchev–Trinajstić information content (AvgIpc) is 2.70. The Kier molecular flexibility index (Phi) is 6.92. The Labute approximate surface area is 173 Å². The van der Waals surface area contributed by atoms with Gasteiger partial charge in [0.15, 0.2) is 0 Å². The number of nitrogens with zero attached hydrogens (tertiary/aromatic N) is 1. The quantitative estimate of drug-likeness (QED) is 0.727. The number of carbonyl (C=O) groups excluding carboxylic acids is 1. The molecule has 0 spiro atoms. The number of amides is 1. The van der Waals surface area contributed by atoms with E-state index < -0.39 is 10.0 Å². The van der Waals surface area contributed by atoms with E-state index in [4.69, 9.17) is 0 Å². The zero-order valence-corrected chi connectivity index (χ0v) is 17.9. The molecule has 0 aliphatic carbocycles. The number of nitrogens with one attached hydrogen (secondary N) is 2. The number of hydrogen-bond donors (Lipinski definition) is 2. The highest BCUT2D eigenvalue weighted by atomic mass is 32.2. The second kappa shape index (κ2) is 9.41. The summed E-state index contributed by atoms with van der Waals surface area (Å²) in [5, 5.41) is 2.96. The SMILES string of the molecule is Cc1ccc(S(=O)(=O)Nc2cccc(C(=O)NCCN3CCCCC3)c2C)cc1. The Morgan fingerprint density at radius 3 is 2.38 bits per heavy atom. The van der Waals surface area contributed by atoms with Crippen molar-refractivity contribution in [2.24, 2.45) is 0 Å². The van der Waals surface area contributed by atoms with Gasteiger partial charge in [-0.3, -0.25) is 9.52 Å². The van der Waals surface area contributed by atoms with Crippen molar-refractivity contribution in [3.05, 3.63) is 59.2 Å². The number of rotatable bonds is 7. The summed E-state index contributed by atoms with van der Waals surface area (Å²) >= 11 is 0. The molecule has 2 aromatic rings. The molecule has 1 fully saturated rings. The number of benzene rings is 2. The van der Waals surface area contributed by atoms with Gasteiger partial charge in [-0.15, -0.1) is 0 Å². The number of anilines is 1. The van der Waals surface area contributed by atoms with Gasteiger partial charge in [0, 0.05) is 18.7 Å². The topological polar surface area (TPSA) is 78.5 Å². The molecule has 29 heavy (non-hydrogen) atoms. The molecule has 0 saturated carbocycles. The van der Waals surface area contributed by atoms with Crippen LogP contribution in [0.1, 0.15) is 40.7 Å². The van der Waals surface area contributed by atoms with Crippen molar-refractivity contribution in [2.45, 2.75) is 38.0 Å². The van der Waals surface area contributed by atoms with E-state index in [-0.39, 0.29) is 10.8 Å². The van der Waals surface area contributed by atoms with Gasteiger partial charge in [-0.05, 0) is 69.6 Å². The summed E-state index contributed by atoms with van der Waals surface area (Å²) in [4.78, 5) is 15.2. The summed E-state index contributed by atoms with van der Waals surface area (Å²) in [5.41, 5.74) is 2.49. The van der Waals surface area contributed by atoms with Gasteiger partial charge in [0.05, 0.1) is 10.6 Å². The van der Waals surface area contributed by atoms with Crippen LogP contribution in [0.15, 0.2) is 47.4 Å². The molecule has 7 heteroatoms. The largest absolute Gasteiger partial charge is 0.351 e. The summed E-state index contributed by atoms with van der Waals surface area (Å²) in [7, 11) is -3.71. The molecule has 6 nitrogen and oxygen atoms in total. The molecule has 156 valence electrons. The highest BCUT2D eigenvalue weighted by Gasteiger charge is 2.18. The number of sulfonamides is 1. The van der Waals surface area contributed by atoms with Crippen molar-refractivity contribution in [3.8, 4) is 0 Å². The molecule has 1 heterocycles. The van der Waals surface area contributed by atoms with E-state index in [0.717, 1.165) is 25.2 Å². The fraction of sp³-hybridized carbons (Fsp3) is 0.409. The third kappa shape index (κ3) is 5.58. The second-order valence-electron chi connectivity index (χ2n) is 7.55. The molecule has 0 aromatic heterocycles. The first kappa shape index (κ1) is 21.3. The summed E-state index contributed by atoms with van der Waals surface area (Å²) in [6.45, 7) is 7.26. The fourth-order valence-corrected chi connectivity index (χ4v) is 4.64. The minimum absolute atomic E-state index is 0.184. The lowest BCUT2D eigenvalue weighted by Crippen LogP contribution is -2.37. The smallest absolute Gasteiger partial charge is 0.261 e. The zero-order valence-electron chi connectivity index (χ0n) is 17.1. The van der Waals surface area contributed by atoms with Crippen molar-refractivity contribution in [2.75, 3.05) is 30.9 Å². The molecule has 2 N–H and O–H groups in total. The summed E-state index contributed by atoms with van der Waals surface area (Å²) in [5.74, 6) is -0.184. The molecule has 1 saturated heterocycles. The van der Waals surface area contributed by atoms with Crippen LogP contribution in [0.2, 0.25) is 0 Å². The maximum atomic E-state index is 12.7. The summed E-state index contributed by atoms with van der Waals surface area (Å²) in [6, 6.07) is 11.7. The van der Waals surface area contributed by atoms with Crippen LogP contribution in [0.3, 0.4) is 0 Å². The van der Waals surface area contributed by atoms with Gasteiger partial charge in [-0.2, -0.15) is 0 Å². The summed E-state index contributed by atoms with van der Waals surface area (Å²) < 4.78 is 28.0. The normalized spacial score (nSPS) is 15.1. The van der Waals surface area contributed by atoms with E-state index in [2.05, 4.69) is 14.9 Å². The molecule has 0 unspecified atom stereocenters. The van der Waals surface area contributed by atoms with Crippen LogP contribution in [0.5, 0.6) is 0 Å². The number of likely N-dealkylation sites (tertiary alicyclic amines) is 1. The van der Waals surface area contributed by atoms with Crippen molar-refractivity contribution in [1.82, 2.24) is 10.2 Å². The maximum Gasteiger partial charge on any atom is 0.261 e. The van der Waals surface area contributed by atoms with Crippen LogP contribution >= 0.6 is 0 Å². The van der Waals surface area contributed by atoms with Gasteiger partial charge >= 0.3 is 0 Å². The second-order valence-corrected chi connectivity index (χ2v) is 9.24. The van der Waals surface area contributed by atoms with Gasteiger partial charge in [-0.1, -0.05) is 30.2 Å².